The molecule has 6 nitrogen and oxygen atoms in total. The lowest BCUT2D eigenvalue weighted by Gasteiger charge is -2.07. The number of halogens is 2. The maximum Gasteiger partial charge on any atom is 0.143 e. The van der Waals surface area contributed by atoms with Crippen molar-refractivity contribution in [1.82, 2.24) is 0 Å². The summed E-state index contributed by atoms with van der Waals surface area (Å²) in [5.41, 5.74) is 1.93. The molecule has 184 valence electrons. The quantitative estimate of drug-likeness (QED) is 0.191. The molecule has 0 saturated carbocycles. The molecule has 0 unspecified atom stereocenters. The number of aromatic hydroxyl groups is 2. The molecule has 2 N–H and O–H groups in total. The summed E-state index contributed by atoms with van der Waals surface area (Å²) in [6, 6.07) is 29.8. The number of fused-ring (bicyclic) bond motifs is 3. The van der Waals surface area contributed by atoms with Crippen molar-refractivity contribution < 1.29 is 10.2 Å². The maximum absolute atomic E-state index is 10.5. The summed E-state index contributed by atoms with van der Waals surface area (Å²) >= 11 is 6.97. The first-order valence-electron chi connectivity index (χ1n) is 11.7. The van der Waals surface area contributed by atoms with Crippen molar-refractivity contribution in [2.24, 2.45) is 20.5 Å². The minimum atomic E-state index is 0.0433. The Bertz CT molecular complexity index is 1800. The highest BCUT2D eigenvalue weighted by molar-refractivity contribution is 9.10. The highest BCUT2D eigenvalue weighted by atomic mass is 79.9. The summed E-state index contributed by atoms with van der Waals surface area (Å²) in [5, 5.41) is 44.1. The Morgan fingerprint density at radius 3 is 1.42 bits per heavy atom. The fourth-order valence-electron chi connectivity index (χ4n) is 4.43. The second-order valence-corrected chi connectivity index (χ2v) is 10.5. The number of nitrogens with zero attached hydrogens (tertiary/aromatic N) is 4. The maximum atomic E-state index is 10.5. The molecule has 6 aromatic carbocycles. The number of hydrogen-bond acceptors (Lipinski definition) is 6. The van der Waals surface area contributed by atoms with Gasteiger partial charge >= 0.3 is 0 Å². The Labute approximate surface area is 234 Å². The molecule has 8 heteroatoms. The monoisotopic (exact) mass is 624 g/mol. The normalized spacial score (nSPS) is 11.9. The Kier molecular flexibility index (Phi) is 6.35. The van der Waals surface area contributed by atoms with Crippen LogP contribution in [0.1, 0.15) is 0 Å². The van der Waals surface area contributed by atoms with Crippen LogP contribution in [0, 0.1) is 0 Å². The molecule has 0 atom stereocenters. The van der Waals surface area contributed by atoms with E-state index in [1.807, 2.05) is 84.9 Å². The SMILES string of the molecule is Oc1ccc2cc(Br)ccc2c1N=Nc1cccc2cccc(N=Nc3c(O)ccc4cc(Br)ccc34)c12. The Morgan fingerprint density at radius 1 is 0.474 bits per heavy atom. The van der Waals surface area contributed by atoms with Gasteiger partial charge in [-0.25, -0.2) is 0 Å². The number of rotatable bonds is 4. The van der Waals surface area contributed by atoms with Gasteiger partial charge in [0.15, 0.2) is 0 Å². The van der Waals surface area contributed by atoms with Gasteiger partial charge < -0.3 is 10.2 Å². The number of azo groups is 2. The van der Waals surface area contributed by atoms with Gasteiger partial charge in [-0.05, 0) is 64.7 Å². The zero-order chi connectivity index (χ0) is 26.2. The summed E-state index contributed by atoms with van der Waals surface area (Å²) in [7, 11) is 0. The average Bonchev–Trinajstić information content (AvgIpc) is 2.92. The number of benzene rings is 6. The van der Waals surface area contributed by atoms with Crippen LogP contribution in [0.15, 0.2) is 126 Å². The lowest BCUT2D eigenvalue weighted by Crippen LogP contribution is -1.78. The van der Waals surface area contributed by atoms with Crippen molar-refractivity contribution >= 4 is 86.9 Å². The number of hydrogen-bond donors (Lipinski definition) is 2. The zero-order valence-electron chi connectivity index (χ0n) is 19.7. The van der Waals surface area contributed by atoms with Crippen molar-refractivity contribution in [2.45, 2.75) is 0 Å². The first kappa shape index (κ1) is 24.2. The lowest BCUT2D eigenvalue weighted by atomic mass is 10.1. The zero-order valence-corrected chi connectivity index (χ0v) is 22.8. The lowest BCUT2D eigenvalue weighted by molar-refractivity contribution is 0.476. The van der Waals surface area contributed by atoms with Gasteiger partial charge in [-0.15, -0.1) is 20.5 Å². The van der Waals surface area contributed by atoms with E-state index in [2.05, 4.69) is 52.3 Å². The summed E-state index contributed by atoms with van der Waals surface area (Å²) in [6.45, 7) is 0. The second kappa shape index (κ2) is 9.96. The third kappa shape index (κ3) is 4.53. The molecule has 6 aromatic rings. The molecule has 0 heterocycles. The largest absolute Gasteiger partial charge is 0.506 e. The highest BCUT2D eigenvalue weighted by Gasteiger charge is 2.11. The van der Waals surface area contributed by atoms with Crippen LogP contribution in [0.25, 0.3) is 32.3 Å². The van der Waals surface area contributed by atoms with Crippen molar-refractivity contribution in [1.29, 1.82) is 0 Å². The summed E-state index contributed by atoms with van der Waals surface area (Å²) < 4.78 is 1.88. The molecular formula is C30H18Br2N4O2. The molecule has 0 aliphatic carbocycles. The third-order valence-electron chi connectivity index (χ3n) is 6.24. The standard InChI is InChI=1S/C30H18Br2N4O2/c31-20-9-11-22-18(15-20)7-13-26(37)29(22)35-33-24-5-1-3-17-4-2-6-25(28(17)24)34-36-30-23-12-10-21(32)16-19(23)8-14-27(30)38/h1-16,37-38H. The molecule has 0 fully saturated rings. The van der Waals surface area contributed by atoms with Crippen LogP contribution in [0.3, 0.4) is 0 Å². The van der Waals surface area contributed by atoms with Gasteiger partial charge in [-0.2, -0.15) is 0 Å². The molecule has 0 bridgehead atoms. The van der Waals surface area contributed by atoms with Crippen LogP contribution < -0.4 is 0 Å². The van der Waals surface area contributed by atoms with Crippen molar-refractivity contribution in [3.05, 3.63) is 106 Å². The van der Waals surface area contributed by atoms with Crippen molar-refractivity contribution in [2.75, 3.05) is 0 Å². The minimum absolute atomic E-state index is 0.0433. The van der Waals surface area contributed by atoms with Crippen LogP contribution in [0.4, 0.5) is 22.7 Å². The second-order valence-electron chi connectivity index (χ2n) is 8.65. The van der Waals surface area contributed by atoms with Gasteiger partial charge in [-0.3, -0.25) is 0 Å². The van der Waals surface area contributed by atoms with E-state index in [1.165, 1.54) is 0 Å². The molecule has 0 amide bonds. The molecule has 0 spiro atoms. The van der Waals surface area contributed by atoms with Gasteiger partial charge in [0.05, 0.1) is 11.4 Å². The molecule has 0 aliphatic heterocycles. The average molecular weight is 626 g/mol. The fourth-order valence-corrected chi connectivity index (χ4v) is 5.19. The van der Waals surface area contributed by atoms with Crippen LogP contribution in [0.2, 0.25) is 0 Å². The molecule has 0 aliphatic rings. The fraction of sp³-hybridized carbons (Fsp3) is 0. The van der Waals surface area contributed by atoms with Gasteiger partial charge in [0, 0.05) is 25.1 Å². The first-order valence-corrected chi connectivity index (χ1v) is 13.2. The Hall–Kier alpha value is -4.14. The molecule has 0 radical (unpaired) electrons. The van der Waals surface area contributed by atoms with Crippen LogP contribution in [-0.4, -0.2) is 10.2 Å². The van der Waals surface area contributed by atoms with Crippen molar-refractivity contribution in [3.63, 3.8) is 0 Å². The smallest absolute Gasteiger partial charge is 0.143 e. The molecule has 38 heavy (non-hydrogen) atoms. The van der Waals surface area contributed by atoms with E-state index in [9.17, 15) is 10.2 Å². The van der Waals surface area contributed by atoms with Crippen LogP contribution in [-0.2, 0) is 0 Å². The topological polar surface area (TPSA) is 89.9 Å². The molecule has 6 rings (SSSR count). The third-order valence-corrected chi connectivity index (χ3v) is 7.23. The molecular weight excluding hydrogens is 608 g/mol. The summed E-state index contributed by atoms with van der Waals surface area (Å²) in [4.78, 5) is 0. The van der Waals surface area contributed by atoms with E-state index in [0.29, 0.717) is 22.7 Å². The highest BCUT2D eigenvalue weighted by Crippen LogP contribution is 2.41. The number of phenols is 2. The van der Waals surface area contributed by atoms with Crippen molar-refractivity contribution in [3.8, 4) is 11.5 Å². The van der Waals surface area contributed by atoms with Gasteiger partial charge in [0.1, 0.15) is 22.9 Å². The summed E-state index contributed by atoms with van der Waals surface area (Å²) in [6.07, 6.45) is 0. The van der Waals surface area contributed by atoms with E-state index in [4.69, 9.17) is 0 Å². The van der Waals surface area contributed by atoms with E-state index >= 15 is 0 Å². The predicted molar refractivity (Wildman–Crippen MR) is 159 cm³/mol. The van der Waals surface area contributed by atoms with E-state index in [0.717, 1.165) is 41.3 Å². The van der Waals surface area contributed by atoms with Crippen LogP contribution >= 0.6 is 31.9 Å². The predicted octanol–water partition coefficient (Wildman–Crippen LogP) is 10.9. The minimum Gasteiger partial charge on any atom is -0.506 e. The van der Waals surface area contributed by atoms with E-state index < -0.39 is 0 Å². The van der Waals surface area contributed by atoms with E-state index in [-0.39, 0.29) is 11.5 Å². The van der Waals surface area contributed by atoms with Crippen LogP contribution in [0.5, 0.6) is 11.5 Å². The molecule has 0 aromatic heterocycles. The van der Waals surface area contributed by atoms with Gasteiger partial charge in [-0.1, -0.05) is 80.4 Å². The van der Waals surface area contributed by atoms with Gasteiger partial charge in [0.2, 0.25) is 0 Å². The summed E-state index contributed by atoms with van der Waals surface area (Å²) in [5.74, 6) is 0.0866. The molecule has 0 saturated heterocycles. The Morgan fingerprint density at radius 2 is 0.947 bits per heavy atom. The van der Waals surface area contributed by atoms with E-state index in [1.54, 1.807) is 12.1 Å². The Balaban J connectivity index is 1.47. The van der Waals surface area contributed by atoms with Gasteiger partial charge in [0.25, 0.3) is 0 Å². The number of phenolic OH excluding ortho intramolecular Hbond substituents is 2. The first-order chi connectivity index (χ1) is 18.5.